The quantitative estimate of drug-likeness (QED) is 0.884. The minimum atomic E-state index is 0. The third-order valence-corrected chi connectivity index (χ3v) is 4.61. The largest absolute Gasteiger partial charge is 0.342 e. The molecule has 2 aromatic rings. The molecule has 0 bridgehead atoms. The van der Waals surface area contributed by atoms with E-state index in [1.165, 1.54) is 0 Å². The fraction of sp³-hybridized carbons (Fsp3) is 0.444. The first-order valence-electron chi connectivity index (χ1n) is 8.16. The van der Waals surface area contributed by atoms with Crippen LogP contribution >= 0.6 is 24.8 Å². The smallest absolute Gasteiger partial charge is 0.256 e. The number of carbonyl (C=O) groups is 1. The Kier molecular flexibility index (Phi) is 7.93. The van der Waals surface area contributed by atoms with Crippen molar-refractivity contribution in [2.24, 2.45) is 0 Å². The van der Waals surface area contributed by atoms with Crippen LogP contribution in [0.25, 0.3) is 0 Å². The van der Waals surface area contributed by atoms with Crippen molar-refractivity contribution in [2.45, 2.75) is 33.4 Å². The van der Waals surface area contributed by atoms with Crippen LogP contribution in [0.3, 0.4) is 0 Å². The standard InChI is InChI=1S/C18H24N4O.2ClH/c1-13-10-17(18(23)21-9-8-19-11-14(21)2)15(3)22(13)12-16-6-4-5-7-20-16;;/h4-7,10,14,19H,8-9,11-12H2,1-3H3;2*1H. The Morgan fingerprint density at radius 2 is 2.08 bits per heavy atom. The van der Waals surface area contributed by atoms with E-state index in [9.17, 15) is 4.79 Å². The van der Waals surface area contributed by atoms with Gasteiger partial charge in [-0.3, -0.25) is 9.78 Å². The summed E-state index contributed by atoms with van der Waals surface area (Å²) in [6.07, 6.45) is 1.80. The molecule has 1 aliphatic heterocycles. The molecule has 3 rings (SSSR count). The molecule has 1 unspecified atom stereocenters. The number of aryl methyl sites for hydroxylation is 1. The highest BCUT2D eigenvalue weighted by molar-refractivity contribution is 5.96. The van der Waals surface area contributed by atoms with Crippen molar-refractivity contribution in [3.63, 3.8) is 0 Å². The molecule has 1 fully saturated rings. The molecule has 138 valence electrons. The van der Waals surface area contributed by atoms with Gasteiger partial charge < -0.3 is 14.8 Å². The minimum Gasteiger partial charge on any atom is -0.342 e. The average Bonchev–Trinajstić information content (AvgIpc) is 2.84. The van der Waals surface area contributed by atoms with Gasteiger partial charge in [-0.25, -0.2) is 0 Å². The molecule has 25 heavy (non-hydrogen) atoms. The lowest BCUT2D eigenvalue weighted by Gasteiger charge is -2.34. The molecule has 7 heteroatoms. The summed E-state index contributed by atoms with van der Waals surface area (Å²) in [7, 11) is 0. The van der Waals surface area contributed by atoms with E-state index in [-0.39, 0.29) is 36.8 Å². The van der Waals surface area contributed by atoms with Crippen LogP contribution in [0.5, 0.6) is 0 Å². The molecule has 3 heterocycles. The Morgan fingerprint density at radius 3 is 2.72 bits per heavy atom. The zero-order chi connectivity index (χ0) is 16.4. The summed E-state index contributed by atoms with van der Waals surface area (Å²) in [5, 5.41) is 3.33. The maximum absolute atomic E-state index is 12.9. The summed E-state index contributed by atoms with van der Waals surface area (Å²) in [4.78, 5) is 19.3. The summed E-state index contributed by atoms with van der Waals surface area (Å²) < 4.78 is 2.17. The monoisotopic (exact) mass is 384 g/mol. The van der Waals surface area contributed by atoms with E-state index in [4.69, 9.17) is 0 Å². The predicted molar refractivity (Wildman–Crippen MR) is 105 cm³/mol. The second-order valence-electron chi connectivity index (χ2n) is 6.24. The number of hydrogen-bond acceptors (Lipinski definition) is 3. The number of aromatic nitrogens is 2. The molecule has 0 radical (unpaired) electrons. The number of carbonyl (C=O) groups excluding carboxylic acids is 1. The van der Waals surface area contributed by atoms with Gasteiger partial charge in [-0.2, -0.15) is 0 Å². The molecule has 1 amide bonds. The van der Waals surface area contributed by atoms with Crippen molar-refractivity contribution >= 4 is 30.7 Å². The van der Waals surface area contributed by atoms with Gasteiger partial charge in [-0.05, 0) is 39.0 Å². The van der Waals surface area contributed by atoms with Crippen molar-refractivity contribution in [3.05, 3.63) is 53.1 Å². The van der Waals surface area contributed by atoms with Crippen LogP contribution in [0.4, 0.5) is 0 Å². The Balaban J connectivity index is 0.00000156. The molecule has 1 aliphatic rings. The van der Waals surface area contributed by atoms with E-state index in [1.54, 1.807) is 6.20 Å². The number of piperazine rings is 1. The summed E-state index contributed by atoms with van der Waals surface area (Å²) in [5.74, 6) is 0.138. The summed E-state index contributed by atoms with van der Waals surface area (Å²) >= 11 is 0. The average molecular weight is 385 g/mol. The first-order chi connectivity index (χ1) is 11.1. The van der Waals surface area contributed by atoms with E-state index in [2.05, 4.69) is 21.8 Å². The Hall–Kier alpha value is -1.56. The molecule has 1 atom stereocenters. The van der Waals surface area contributed by atoms with E-state index in [0.717, 1.165) is 42.3 Å². The second kappa shape index (κ2) is 9.22. The normalized spacial score (nSPS) is 16.8. The minimum absolute atomic E-state index is 0. The third kappa shape index (κ3) is 4.54. The van der Waals surface area contributed by atoms with Gasteiger partial charge in [0.05, 0.1) is 17.8 Å². The molecular weight excluding hydrogens is 359 g/mol. The molecule has 0 saturated carbocycles. The van der Waals surface area contributed by atoms with Crippen molar-refractivity contribution < 1.29 is 4.79 Å². The second-order valence-corrected chi connectivity index (χ2v) is 6.24. The van der Waals surface area contributed by atoms with E-state index >= 15 is 0 Å². The first kappa shape index (κ1) is 21.5. The van der Waals surface area contributed by atoms with Crippen LogP contribution in [-0.4, -0.2) is 46.0 Å². The van der Waals surface area contributed by atoms with E-state index in [1.807, 2.05) is 43.0 Å². The zero-order valence-corrected chi connectivity index (χ0v) is 16.5. The van der Waals surface area contributed by atoms with Crippen LogP contribution in [0.2, 0.25) is 0 Å². The molecule has 0 aromatic carbocycles. The van der Waals surface area contributed by atoms with Crippen LogP contribution in [0.1, 0.15) is 34.4 Å². The van der Waals surface area contributed by atoms with Gasteiger partial charge in [0.15, 0.2) is 0 Å². The maximum Gasteiger partial charge on any atom is 0.256 e. The zero-order valence-electron chi connectivity index (χ0n) is 14.9. The number of pyridine rings is 1. The molecule has 1 N–H and O–H groups in total. The van der Waals surface area contributed by atoms with Crippen LogP contribution in [0, 0.1) is 13.8 Å². The molecular formula is C18H26Cl2N4O. The number of halogens is 2. The van der Waals surface area contributed by atoms with Crippen molar-refractivity contribution in [2.75, 3.05) is 19.6 Å². The number of amides is 1. The fourth-order valence-corrected chi connectivity index (χ4v) is 3.21. The number of nitrogens with zero attached hydrogens (tertiary/aromatic N) is 3. The van der Waals surface area contributed by atoms with Gasteiger partial charge in [0.1, 0.15) is 0 Å². The van der Waals surface area contributed by atoms with Gasteiger partial charge in [-0.15, -0.1) is 24.8 Å². The SMILES string of the molecule is Cc1cc(C(=O)N2CCNCC2C)c(C)n1Cc1ccccn1.Cl.Cl. The van der Waals surface area contributed by atoms with Gasteiger partial charge in [0, 0.05) is 43.3 Å². The van der Waals surface area contributed by atoms with Gasteiger partial charge in [0.25, 0.3) is 5.91 Å². The van der Waals surface area contributed by atoms with E-state index in [0.29, 0.717) is 6.54 Å². The lowest BCUT2D eigenvalue weighted by Crippen LogP contribution is -2.52. The summed E-state index contributed by atoms with van der Waals surface area (Å²) in [5.41, 5.74) is 3.93. The lowest BCUT2D eigenvalue weighted by atomic mass is 10.1. The third-order valence-electron chi connectivity index (χ3n) is 4.61. The van der Waals surface area contributed by atoms with Gasteiger partial charge in [-0.1, -0.05) is 6.07 Å². The Bertz CT molecular complexity index is 703. The van der Waals surface area contributed by atoms with Crippen molar-refractivity contribution in [1.82, 2.24) is 19.8 Å². The topological polar surface area (TPSA) is 50.2 Å². The van der Waals surface area contributed by atoms with Crippen LogP contribution in [-0.2, 0) is 6.54 Å². The molecule has 5 nitrogen and oxygen atoms in total. The lowest BCUT2D eigenvalue weighted by molar-refractivity contribution is 0.0655. The van der Waals surface area contributed by atoms with Crippen molar-refractivity contribution in [1.29, 1.82) is 0 Å². The maximum atomic E-state index is 12.9. The predicted octanol–water partition coefficient (Wildman–Crippen LogP) is 2.83. The van der Waals surface area contributed by atoms with Crippen LogP contribution < -0.4 is 5.32 Å². The highest BCUT2D eigenvalue weighted by Crippen LogP contribution is 2.20. The highest BCUT2D eigenvalue weighted by atomic mass is 35.5. The summed E-state index contributed by atoms with van der Waals surface area (Å²) in [6.45, 7) is 9.36. The van der Waals surface area contributed by atoms with Crippen molar-refractivity contribution in [3.8, 4) is 0 Å². The molecule has 1 saturated heterocycles. The molecule has 0 aliphatic carbocycles. The fourth-order valence-electron chi connectivity index (χ4n) is 3.21. The van der Waals surface area contributed by atoms with E-state index < -0.39 is 0 Å². The number of hydrogen-bond donors (Lipinski definition) is 1. The molecule has 0 spiro atoms. The highest BCUT2D eigenvalue weighted by Gasteiger charge is 2.26. The molecule has 2 aromatic heterocycles. The Labute approximate surface area is 161 Å². The van der Waals surface area contributed by atoms with Gasteiger partial charge >= 0.3 is 0 Å². The number of rotatable bonds is 3. The first-order valence-corrected chi connectivity index (χ1v) is 8.16. The van der Waals surface area contributed by atoms with Gasteiger partial charge in [0.2, 0.25) is 0 Å². The van der Waals surface area contributed by atoms with Crippen LogP contribution in [0.15, 0.2) is 30.5 Å². The Morgan fingerprint density at radius 1 is 1.32 bits per heavy atom. The number of nitrogens with one attached hydrogen (secondary N) is 1. The summed E-state index contributed by atoms with van der Waals surface area (Å²) in [6, 6.07) is 8.16.